The number of carbonyl (C=O) groups excluding carboxylic acids is 1. The first-order chi connectivity index (χ1) is 24.2. The van der Waals surface area contributed by atoms with Crippen molar-refractivity contribution in [2.75, 3.05) is 44.9 Å². The summed E-state index contributed by atoms with van der Waals surface area (Å²) >= 11 is 0. The number of anilines is 1. The van der Waals surface area contributed by atoms with E-state index in [2.05, 4.69) is 62.0 Å². The van der Waals surface area contributed by atoms with Crippen LogP contribution in [0.5, 0.6) is 5.88 Å². The zero-order chi connectivity index (χ0) is 33.3. The molecule has 2 N–H and O–H groups in total. The van der Waals surface area contributed by atoms with Gasteiger partial charge in [0, 0.05) is 37.2 Å². The molecule has 7 rings (SSSR count). The van der Waals surface area contributed by atoms with Crippen molar-refractivity contribution in [1.82, 2.24) is 24.7 Å². The monoisotopic (exact) mass is 656 g/mol. The highest BCUT2D eigenvalue weighted by atomic mass is 16.5. The predicted molar refractivity (Wildman–Crippen MR) is 187 cm³/mol. The van der Waals surface area contributed by atoms with E-state index in [4.69, 9.17) is 18.6 Å². The summed E-state index contributed by atoms with van der Waals surface area (Å²) in [7, 11) is 0. The Balaban J connectivity index is 0.741. The quantitative estimate of drug-likeness (QED) is 0.119. The number of nitrogens with one attached hydrogen (secondary N) is 2. The molecule has 49 heavy (non-hydrogen) atoms. The van der Waals surface area contributed by atoms with Gasteiger partial charge in [-0.1, -0.05) is 54.6 Å². The van der Waals surface area contributed by atoms with E-state index in [1.54, 1.807) is 24.4 Å². The molecule has 7 aromatic rings. The molecule has 4 heterocycles. The van der Waals surface area contributed by atoms with E-state index in [0.717, 1.165) is 47.3 Å². The Bertz CT molecular complexity index is 2150. The van der Waals surface area contributed by atoms with E-state index < -0.39 is 0 Å². The smallest absolute Gasteiger partial charge is 0.274 e. The summed E-state index contributed by atoms with van der Waals surface area (Å²) in [6.07, 6.45) is 4.12. The number of aromatic nitrogens is 4. The minimum atomic E-state index is -0.350. The van der Waals surface area contributed by atoms with E-state index in [1.807, 2.05) is 46.9 Å². The zero-order valence-electron chi connectivity index (χ0n) is 26.9. The van der Waals surface area contributed by atoms with Gasteiger partial charge in [-0.2, -0.15) is 0 Å². The fourth-order valence-corrected chi connectivity index (χ4v) is 5.44. The van der Waals surface area contributed by atoms with Gasteiger partial charge < -0.3 is 29.3 Å². The highest BCUT2D eigenvalue weighted by Crippen LogP contribution is 2.23. The first kappa shape index (κ1) is 32.0. The molecule has 3 aromatic carbocycles. The van der Waals surface area contributed by atoms with Crippen molar-refractivity contribution >= 4 is 39.4 Å². The van der Waals surface area contributed by atoms with Gasteiger partial charge in [-0.25, -0.2) is 15.0 Å². The first-order valence-corrected chi connectivity index (χ1v) is 16.2. The number of ether oxygens (including phenoxy) is 3. The lowest BCUT2D eigenvalue weighted by atomic mass is 10.1. The number of fused-ring (bicyclic) bond motifs is 4. The van der Waals surface area contributed by atoms with Crippen LogP contribution in [0, 0.1) is 0 Å². The topological polar surface area (TPSA) is 125 Å². The molecular weight excluding hydrogens is 620 g/mol. The molecule has 0 fully saturated rings. The Morgan fingerprint density at radius 1 is 0.796 bits per heavy atom. The Morgan fingerprint density at radius 2 is 1.63 bits per heavy atom. The zero-order valence-corrected chi connectivity index (χ0v) is 26.9. The maximum atomic E-state index is 12.8. The van der Waals surface area contributed by atoms with Crippen LogP contribution in [0.1, 0.15) is 27.4 Å². The van der Waals surface area contributed by atoms with Crippen molar-refractivity contribution in [1.29, 1.82) is 0 Å². The standard InChI is InChI=1S/C38H36N6O5/c45-37(33-14-16-44-34-9-5-4-8-32(34)42-38(44)43-33)41-30-12-13-36(40-26-30)48-21-20-47-19-18-46-17-15-39-25-28-10-11-29-24-31(49-35(29)23-28)22-27-6-2-1-3-7-27/h1-14,16,23-24,26,39H,15,17-22,25H2,(H,41,45). The second-order valence-corrected chi connectivity index (χ2v) is 11.4. The lowest BCUT2D eigenvalue weighted by Gasteiger charge is -2.09. The van der Waals surface area contributed by atoms with Crippen molar-refractivity contribution in [2.24, 2.45) is 0 Å². The van der Waals surface area contributed by atoms with Gasteiger partial charge in [-0.3, -0.25) is 9.20 Å². The van der Waals surface area contributed by atoms with Gasteiger partial charge in [0.25, 0.3) is 5.91 Å². The van der Waals surface area contributed by atoms with E-state index >= 15 is 0 Å². The summed E-state index contributed by atoms with van der Waals surface area (Å²) in [5.41, 5.74) is 5.86. The molecule has 0 spiro atoms. The lowest BCUT2D eigenvalue weighted by Crippen LogP contribution is -2.20. The number of imidazole rings is 1. The maximum absolute atomic E-state index is 12.8. The predicted octanol–water partition coefficient (Wildman–Crippen LogP) is 6.07. The third kappa shape index (κ3) is 8.28. The largest absolute Gasteiger partial charge is 0.475 e. The molecule has 4 aromatic heterocycles. The number of rotatable bonds is 16. The minimum absolute atomic E-state index is 0.261. The van der Waals surface area contributed by atoms with Gasteiger partial charge in [-0.15, -0.1) is 0 Å². The number of amides is 1. The Hall–Kier alpha value is -5.62. The number of nitrogens with zero attached hydrogens (tertiary/aromatic N) is 4. The second kappa shape index (κ2) is 15.5. The molecule has 0 radical (unpaired) electrons. The summed E-state index contributed by atoms with van der Waals surface area (Å²) in [4.78, 5) is 25.9. The van der Waals surface area contributed by atoms with Crippen molar-refractivity contribution in [3.8, 4) is 5.88 Å². The average Bonchev–Trinajstić information content (AvgIpc) is 3.71. The molecule has 11 nitrogen and oxygen atoms in total. The molecule has 11 heteroatoms. The number of benzene rings is 3. The Kier molecular flexibility index (Phi) is 10.1. The molecule has 0 aliphatic heterocycles. The van der Waals surface area contributed by atoms with Gasteiger partial charge in [0.15, 0.2) is 0 Å². The molecule has 0 saturated heterocycles. The molecule has 0 bridgehead atoms. The molecule has 0 aliphatic carbocycles. The first-order valence-electron chi connectivity index (χ1n) is 16.2. The van der Waals surface area contributed by atoms with Crippen LogP contribution in [-0.2, 0) is 22.4 Å². The average molecular weight is 657 g/mol. The molecule has 0 aliphatic rings. The highest BCUT2D eigenvalue weighted by molar-refractivity contribution is 6.03. The minimum Gasteiger partial charge on any atom is -0.475 e. The Labute approximate surface area is 282 Å². The second-order valence-electron chi connectivity index (χ2n) is 11.4. The fraction of sp³-hybridized carbons (Fsp3) is 0.211. The van der Waals surface area contributed by atoms with Gasteiger partial charge >= 0.3 is 0 Å². The van der Waals surface area contributed by atoms with Crippen LogP contribution >= 0.6 is 0 Å². The van der Waals surface area contributed by atoms with E-state index in [9.17, 15) is 4.79 Å². The van der Waals surface area contributed by atoms with Gasteiger partial charge in [0.05, 0.1) is 49.3 Å². The van der Waals surface area contributed by atoms with Gasteiger partial charge in [0.1, 0.15) is 23.6 Å². The van der Waals surface area contributed by atoms with Crippen LogP contribution < -0.4 is 15.4 Å². The number of para-hydroxylation sites is 2. The third-order valence-electron chi connectivity index (χ3n) is 7.86. The van der Waals surface area contributed by atoms with Crippen molar-refractivity contribution in [3.05, 3.63) is 132 Å². The Morgan fingerprint density at radius 3 is 2.51 bits per heavy atom. The highest BCUT2D eigenvalue weighted by Gasteiger charge is 2.12. The summed E-state index contributed by atoms with van der Waals surface area (Å²) < 4.78 is 24.9. The van der Waals surface area contributed by atoms with Gasteiger partial charge in [-0.05, 0) is 47.5 Å². The van der Waals surface area contributed by atoms with E-state index in [0.29, 0.717) is 50.4 Å². The molecule has 0 unspecified atom stereocenters. The molecule has 0 atom stereocenters. The fourth-order valence-electron chi connectivity index (χ4n) is 5.44. The molecule has 248 valence electrons. The van der Waals surface area contributed by atoms with E-state index in [1.165, 1.54) is 17.3 Å². The van der Waals surface area contributed by atoms with Crippen LogP contribution in [0.3, 0.4) is 0 Å². The molecular formula is C38H36N6O5. The van der Waals surface area contributed by atoms with Crippen molar-refractivity contribution < 1.29 is 23.4 Å². The SMILES string of the molecule is O=C(Nc1ccc(OCCOCCOCCNCc2ccc3cc(Cc4ccccc4)oc3c2)nc1)c1ccn2c(n1)nc1ccccc12. The normalized spacial score (nSPS) is 11.4. The van der Waals surface area contributed by atoms with Crippen molar-refractivity contribution in [2.45, 2.75) is 13.0 Å². The molecule has 0 saturated carbocycles. The number of carbonyl (C=O) groups is 1. The van der Waals surface area contributed by atoms with Crippen LogP contribution in [0.25, 0.3) is 27.8 Å². The van der Waals surface area contributed by atoms with Crippen LogP contribution in [0.4, 0.5) is 5.69 Å². The number of pyridine rings is 1. The summed E-state index contributed by atoms with van der Waals surface area (Å²) in [5, 5.41) is 7.34. The third-order valence-corrected chi connectivity index (χ3v) is 7.86. The van der Waals surface area contributed by atoms with Gasteiger partial charge in [0.2, 0.25) is 11.7 Å². The van der Waals surface area contributed by atoms with E-state index in [-0.39, 0.29) is 11.6 Å². The van der Waals surface area contributed by atoms with Crippen LogP contribution in [-0.4, -0.2) is 64.8 Å². The summed E-state index contributed by atoms with van der Waals surface area (Å²) in [5.74, 6) is 1.52. The number of hydrogen-bond donors (Lipinski definition) is 2. The van der Waals surface area contributed by atoms with Crippen LogP contribution in [0.2, 0.25) is 0 Å². The van der Waals surface area contributed by atoms with Crippen LogP contribution in [0.15, 0.2) is 114 Å². The molecule has 1 amide bonds. The maximum Gasteiger partial charge on any atom is 0.274 e. The number of hydrogen-bond acceptors (Lipinski definition) is 9. The summed E-state index contributed by atoms with van der Waals surface area (Å²) in [6, 6.07) is 31.6. The lowest BCUT2D eigenvalue weighted by molar-refractivity contribution is 0.0367. The van der Waals surface area contributed by atoms with Crippen molar-refractivity contribution in [3.63, 3.8) is 0 Å². The number of furan rings is 1. The summed E-state index contributed by atoms with van der Waals surface area (Å²) in [6.45, 7) is 3.76.